The summed E-state index contributed by atoms with van der Waals surface area (Å²) in [6.07, 6.45) is -0.328. The maximum absolute atomic E-state index is 13.4. The third kappa shape index (κ3) is 2.55. The molecule has 2 nitrogen and oxygen atoms in total. The van der Waals surface area contributed by atoms with Crippen LogP contribution in [0.2, 0.25) is 0 Å². The number of halogens is 4. The molecule has 0 aromatic heterocycles. The Balaban J connectivity index is 3.14. The highest BCUT2D eigenvalue weighted by Crippen LogP contribution is 2.26. The van der Waals surface area contributed by atoms with Crippen molar-refractivity contribution in [3.63, 3.8) is 0 Å². The van der Waals surface area contributed by atoms with E-state index in [9.17, 15) is 18.0 Å². The Bertz CT molecular complexity index is 435. The first-order valence-electron chi connectivity index (χ1n) is 4.39. The van der Waals surface area contributed by atoms with E-state index >= 15 is 0 Å². The van der Waals surface area contributed by atoms with Crippen molar-refractivity contribution in [1.29, 1.82) is 0 Å². The molecule has 0 saturated carbocycles. The van der Waals surface area contributed by atoms with Gasteiger partial charge in [-0.1, -0.05) is 6.92 Å². The van der Waals surface area contributed by atoms with Crippen molar-refractivity contribution in [3.05, 3.63) is 33.6 Å². The lowest BCUT2D eigenvalue weighted by Gasteiger charge is -2.10. The van der Waals surface area contributed by atoms with E-state index in [4.69, 9.17) is 5.11 Å². The maximum atomic E-state index is 13.4. The molecule has 0 aliphatic rings. The minimum atomic E-state index is -1.17. The van der Waals surface area contributed by atoms with E-state index in [1.165, 1.54) is 6.92 Å². The summed E-state index contributed by atoms with van der Waals surface area (Å²) in [6, 6.07) is 0.525. The van der Waals surface area contributed by atoms with Gasteiger partial charge in [-0.2, -0.15) is 0 Å². The number of carboxylic acids is 1. The van der Waals surface area contributed by atoms with Crippen LogP contribution in [0.4, 0.5) is 13.2 Å². The summed E-state index contributed by atoms with van der Waals surface area (Å²) in [5, 5.41) is 8.62. The average Bonchev–Trinajstić information content (AvgIpc) is 2.20. The molecular formula is C10H8BrF3O2. The Labute approximate surface area is 98.2 Å². The molecule has 1 N–H and O–H groups in total. The molecule has 6 heteroatoms. The maximum Gasteiger partial charge on any atom is 0.306 e. The van der Waals surface area contributed by atoms with Crippen LogP contribution in [0.5, 0.6) is 0 Å². The van der Waals surface area contributed by atoms with E-state index in [0.29, 0.717) is 6.07 Å². The van der Waals surface area contributed by atoms with Crippen molar-refractivity contribution in [2.24, 2.45) is 5.92 Å². The predicted octanol–water partition coefficient (Wildman–Crippen LogP) is 3.13. The van der Waals surface area contributed by atoms with Gasteiger partial charge in [0.15, 0.2) is 0 Å². The van der Waals surface area contributed by atoms with Crippen molar-refractivity contribution >= 4 is 21.9 Å². The lowest BCUT2D eigenvalue weighted by Crippen LogP contribution is -2.14. The Hall–Kier alpha value is -1.04. The largest absolute Gasteiger partial charge is 0.481 e. The molecule has 1 unspecified atom stereocenters. The number of carboxylic acid groups (broad SMARTS) is 1. The summed E-state index contributed by atoms with van der Waals surface area (Å²) < 4.78 is 39.0. The number of hydrogen-bond acceptors (Lipinski definition) is 1. The SMILES string of the molecule is CC(Cc1c(F)cc(F)c(Br)c1F)C(=O)O. The summed E-state index contributed by atoms with van der Waals surface area (Å²) in [5.41, 5.74) is -0.428. The van der Waals surface area contributed by atoms with Crippen molar-refractivity contribution in [2.75, 3.05) is 0 Å². The molecule has 1 atom stereocenters. The van der Waals surface area contributed by atoms with Crippen LogP contribution in [-0.4, -0.2) is 11.1 Å². The highest BCUT2D eigenvalue weighted by atomic mass is 79.9. The lowest BCUT2D eigenvalue weighted by molar-refractivity contribution is -0.141. The lowest BCUT2D eigenvalue weighted by atomic mass is 10.0. The number of benzene rings is 1. The molecule has 0 heterocycles. The van der Waals surface area contributed by atoms with E-state index < -0.39 is 39.4 Å². The first-order valence-corrected chi connectivity index (χ1v) is 5.18. The predicted molar refractivity (Wildman–Crippen MR) is 54.5 cm³/mol. The van der Waals surface area contributed by atoms with Gasteiger partial charge < -0.3 is 5.11 Å². The zero-order chi connectivity index (χ0) is 12.5. The van der Waals surface area contributed by atoms with Gasteiger partial charge in [-0.15, -0.1) is 0 Å². The molecule has 16 heavy (non-hydrogen) atoms. The Morgan fingerprint density at radius 2 is 2.00 bits per heavy atom. The van der Waals surface area contributed by atoms with Gasteiger partial charge in [-0.3, -0.25) is 4.79 Å². The second kappa shape index (κ2) is 4.86. The molecule has 0 spiro atoms. The van der Waals surface area contributed by atoms with Gasteiger partial charge in [0.05, 0.1) is 10.4 Å². The van der Waals surface area contributed by atoms with Gasteiger partial charge in [-0.05, 0) is 22.4 Å². The zero-order valence-corrected chi connectivity index (χ0v) is 9.82. The van der Waals surface area contributed by atoms with Crippen LogP contribution in [0.3, 0.4) is 0 Å². The van der Waals surface area contributed by atoms with Crippen LogP contribution < -0.4 is 0 Å². The van der Waals surface area contributed by atoms with Gasteiger partial charge in [0, 0.05) is 11.6 Å². The highest BCUT2D eigenvalue weighted by molar-refractivity contribution is 9.10. The van der Waals surface area contributed by atoms with Crippen LogP contribution in [0, 0.1) is 23.4 Å². The minimum Gasteiger partial charge on any atom is -0.481 e. The number of rotatable bonds is 3. The van der Waals surface area contributed by atoms with Crippen molar-refractivity contribution < 1.29 is 23.1 Å². The van der Waals surface area contributed by atoms with E-state index in [1.54, 1.807) is 0 Å². The second-order valence-electron chi connectivity index (χ2n) is 3.39. The van der Waals surface area contributed by atoms with E-state index in [0.717, 1.165) is 0 Å². The van der Waals surface area contributed by atoms with Crippen molar-refractivity contribution in [2.45, 2.75) is 13.3 Å². The zero-order valence-electron chi connectivity index (χ0n) is 8.23. The van der Waals surface area contributed by atoms with Crippen LogP contribution in [0.25, 0.3) is 0 Å². The molecule has 88 valence electrons. The van der Waals surface area contributed by atoms with Crippen LogP contribution in [-0.2, 0) is 11.2 Å². The number of hydrogen-bond donors (Lipinski definition) is 1. The Morgan fingerprint density at radius 1 is 1.44 bits per heavy atom. The van der Waals surface area contributed by atoms with Crippen molar-refractivity contribution in [3.8, 4) is 0 Å². The Morgan fingerprint density at radius 3 is 2.50 bits per heavy atom. The molecule has 0 aliphatic carbocycles. The third-order valence-corrected chi connectivity index (χ3v) is 2.87. The third-order valence-electron chi connectivity index (χ3n) is 2.14. The molecule has 1 aromatic rings. The van der Waals surface area contributed by atoms with E-state index in [1.807, 2.05) is 0 Å². The fourth-order valence-electron chi connectivity index (χ4n) is 1.18. The smallest absolute Gasteiger partial charge is 0.306 e. The molecule has 0 aliphatic heterocycles. The first kappa shape index (κ1) is 13.0. The molecular weight excluding hydrogens is 289 g/mol. The average molecular weight is 297 g/mol. The monoisotopic (exact) mass is 296 g/mol. The molecule has 0 bridgehead atoms. The molecule has 1 rings (SSSR count). The number of carbonyl (C=O) groups is 1. The number of aliphatic carboxylic acids is 1. The van der Waals surface area contributed by atoms with Crippen LogP contribution in [0.1, 0.15) is 12.5 Å². The quantitative estimate of drug-likeness (QED) is 0.687. The van der Waals surface area contributed by atoms with Crippen LogP contribution in [0.15, 0.2) is 10.5 Å². The summed E-state index contributed by atoms with van der Waals surface area (Å²) in [4.78, 5) is 10.5. The van der Waals surface area contributed by atoms with Gasteiger partial charge >= 0.3 is 5.97 Å². The van der Waals surface area contributed by atoms with Gasteiger partial charge in [0.2, 0.25) is 0 Å². The molecule has 0 fully saturated rings. The van der Waals surface area contributed by atoms with Gasteiger partial charge in [0.1, 0.15) is 17.5 Å². The fourth-order valence-corrected chi connectivity index (χ4v) is 1.54. The standard InChI is InChI=1S/C10H8BrF3O2/c1-4(10(15)16)2-5-6(12)3-7(13)8(11)9(5)14/h3-4H,2H2,1H3,(H,15,16). The topological polar surface area (TPSA) is 37.3 Å². The first-order chi connectivity index (χ1) is 7.34. The van der Waals surface area contributed by atoms with Crippen molar-refractivity contribution in [1.82, 2.24) is 0 Å². The van der Waals surface area contributed by atoms with Crippen LogP contribution >= 0.6 is 15.9 Å². The highest BCUT2D eigenvalue weighted by Gasteiger charge is 2.21. The minimum absolute atomic E-state index is 0.328. The van der Waals surface area contributed by atoms with E-state index in [-0.39, 0.29) is 6.42 Å². The summed E-state index contributed by atoms with van der Waals surface area (Å²) >= 11 is 2.63. The summed E-state index contributed by atoms with van der Waals surface area (Å²) in [6.45, 7) is 1.32. The summed E-state index contributed by atoms with van der Waals surface area (Å²) in [5.74, 6) is -5.33. The second-order valence-corrected chi connectivity index (χ2v) is 4.18. The molecule has 0 radical (unpaired) electrons. The molecule has 1 aromatic carbocycles. The normalized spacial score (nSPS) is 12.6. The van der Waals surface area contributed by atoms with Gasteiger partial charge in [0.25, 0.3) is 0 Å². The molecule has 0 saturated heterocycles. The Kier molecular flexibility index (Phi) is 3.96. The molecule has 0 amide bonds. The fraction of sp³-hybridized carbons (Fsp3) is 0.300. The van der Waals surface area contributed by atoms with Gasteiger partial charge in [-0.25, -0.2) is 13.2 Å². The van der Waals surface area contributed by atoms with E-state index in [2.05, 4.69) is 15.9 Å². The summed E-state index contributed by atoms with van der Waals surface area (Å²) in [7, 11) is 0.